The molecule has 0 heterocycles. The average molecular weight is 356 g/mol. The van der Waals surface area contributed by atoms with E-state index < -0.39 is 10.0 Å². The van der Waals surface area contributed by atoms with Crippen LogP contribution in [0.1, 0.15) is 5.56 Å². The van der Waals surface area contributed by atoms with Gasteiger partial charge in [-0.2, -0.15) is 0 Å². The Balaban J connectivity index is 2.32. The monoisotopic (exact) mass is 355 g/mol. The fraction of sp³-hybridized carbons (Fsp3) is 0.143. The second kappa shape index (κ2) is 5.85. The Morgan fingerprint density at radius 3 is 2.35 bits per heavy atom. The molecule has 0 spiro atoms. The topological polar surface area (TPSA) is 55.4 Å². The molecule has 2 rings (SSSR count). The first-order valence-electron chi connectivity index (χ1n) is 5.85. The van der Waals surface area contributed by atoms with Gasteiger partial charge in [0.25, 0.3) is 10.0 Å². The van der Waals surface area contributed by atoms with E-state index in [1.807, 2.05) is 19.1 Å². The number of ether oxygens (including phenoxy) is 1. The lowest BCUT2D eigenvalue weighted by Crippen LogP contribution is -2.13. The molecule has 0 fully saturated rings. The van der Waals surface area contributed by atoms with E-state index in [0.29, 0.717) is 11.4 Å². The lowest BCUT2D eigenvalue weighted by Gasteiger charge is -2.11. The van der Waals surface area contributed by atoms with Crippen molar-refractivity contribution in [3.05, 3.63) is 52.5 Å². The highest BCUT2D eigenvalue weighted by molar-refractivity contribution is 9.10. The predicted octanol–water partition coefficient (Wildman–Crippen LogP) is 3.57. The van der Waals surface area contributed by atoms with Crippen molar-refractivity contribution in [1.29, 1.82) is 0 Å². The quantitative estimate of drug-likeness (QED) is 0.911. The van der Waals surface area contributed by atoms with Crippen molar-refractivity contribution < 1.29 is 13.2 Å². The first-order valence-corrected chi connectivity index (χ1v) is 8.13. The Morgan fingerprint density at radius 2 is 1.75 bits per heavy atom. The molecule has 0 amide bonds. The number of sulfonamides is 1. The fourth-order valence-corrected chi connectivity index (χ4v) is 3.15. The molecule has 106 valence electrons. The molecule has 0 aliphatic carbocycles. The number of benzene rings is 2. The molecule has 0 aliphatic heterocycles. The average Bonchev–Trinajstić information content (AvgIpc) is 2.43. The number of hydrogen-bond donors (Lipinski definition) is 1. The van der Waals surface area contributed by atoms with Crippen molar-refractivity contribution in [3.8, 4) is 5.75 Å². The predicted molar refractivity (Wildman–Crippen MR) is 82.7 cm³/mol. The van der Waals surface area contributed by atoms with Crippen molar-refractivity contribution in [2.24, 2.45) is 0 Å². The van der Waals surface area contributed by atoms with Crippen LogP contribution in [0.2, 0.25) is 0 Å². The van der Waals surface area contributed by atoms with Crippen molar-refractivity contribution >= 4 is 31.6 Å². The maximum atomic E-state index is 12.3. The van der Waals surface area contributed by atoms with E-state index in [9.17, 15) is 8.42 Å². The SMILES string of the molecule is COc1ccc(S(=O)(=O)Nc2cc(Br)ccc2C)cc1. The van der Waals surface area contributed by atoms with Crippen LogP contribution in [0.15, 0.2) is 51.8 Å². The van der Waals surface area contributed by atoms with Crippen LogP contribution < -0.4 is 9.46 Å². The Labute approximate surface area is 127 Å². The highest BCUT2D eigenvalue weighted by Crippen LogP contribution is 2.24. The smallest absolute Gasteiger partial charge is 0.261 e. The van der Waals surface area contributed by atoms with Crippen LogP contribution in [0.3, 0.4) is 0 Å². The van der Waals surface area contributed by atoms with E-state index in [0.717, 1.165) is 10.0 Å². The van der Waals surface area contributed by atoms with E-state index in [1.165, 1.54) is 19.2 Å². The van der Waals surface area contributed by atoms with Crippen LogP contribution in [-0.4, -0.2) is 15.5 Å². The van der Waals surface area contributed by atoms with Crippen LogP contribution in [-0.2, 0) is 10.0 Å². The molecule has 1 N–H and O–H groups in total. The standard InChI is InChI=1S/C14H14BrNO3S/c1-10-3-4-11(15)9-14(10)16-20(17,18)13-7-5-12(19-2)6-8-13/h3-9,16H,1-2H3. The number of anilines is 1. The zero-order valence-electron chi connectivity index (χ0n) is 11.1. The van der Waals surface area contributed by atoms with Gasteiger partial charge in [0.05, 0.1) is 17.7 Å². The van der Waals surface area contributed by atoms with Gasteiger partial charge in [-0.1, -0.05) is 22.0 Å². The van der Waals surface area contributed by atoms with Crippen molar-refractivity contribution in [3.63, 3.8) is 0 Å². The molecular formula is C14H14BrNO3S. The Hall–Kier alpha value is -1.53. The summed E-state index contributed by atoms with van der Waals surface area (Å²) in [6.07, 6.45) is 0. The molecule has 0 unspecified atom stereocenters. The second-order valence-corrected chi connectivity index (χ2v) is 6.84. The van der Waals surface area contributed by atoms with Gasteiger partial charge in [0, 0.05) is 4.47 Å². The first kappa shape index (κ1) is 14.9. The maximum absolute atomic E-state index is 12.3. The van der Waals surface area contributed by atoms with Gasteiger partial charge in [-0.15, -0.1) is 0 Å². The third-order valence-corrected chi connectivity index (χ3v) is 4.69. The van der Waals surface area contributed by atoms with Gasteiger partial charge >= 0.3 is 0 Å². The summed E-state index contributed by atoms with van der Waals surface area (Å²) in [6, 6.07) is 11.7. The van der Waals surface area contributed by atoms with Crippen LogP contribution in [0, 0.1) is 6.92 Å². The van der Waals surface area contributed by atoms with Crippen molar-refractivity contribution in [1.82, 2.24) is 0 Å². The molecule has 0 bridgehead atoms. The van der Waals surface area contributed by atoms with Crippen LogP contribution >= 0.6 is 15.9 Å². The molecule has 0 aliphatic rings. The van der Waals surface area contributed by atoms with E-state index in [1.54, 1.807) is 18.2 Å². The second-order valence-electron chi connectivity index (χ2n) is 4.24. The Kier molecular flexibility index (Phi) is 4.35. The lowest BCUT2D eigenvalue weighted by atomic mass is 10.2. The molecule has 0 radical (unpaired) electrons. The molecule has 0 saturated heterocycles. The summed E-state index contributed by atoms with van der Waals surface area (Å²) in [4.78, 5) is 0.192. The number of nitrogens with one attached hydrogen (secondary N) is 1. The fourth-order valence-electron chi connectivity index (χ4n) is 1.66. The Bertz CT molecular complexity index is 712. The Morgan fingerprint density at radius 1 is 1.10 bits per heavy atom. The zero-order chi connectivity index (χ0) is 14.8. The van der Waals surface area contributed by atoms with Crippen LogP contribution in [0.25, 0.3) is 0 Å². The lowest BCUT2D eigenvalue weighted by molar-refractivity contribution is 0.414. The molecule has 0 aromatic heterocycles. The normalized spacial score (nSPS) is 11.2. The summed E-state index contributed by atoms with van der Waals surface area (Å²) in [6.45, 7) is 1.85. The summed E-state index contributed by atoms with van der Waals surface area (Å²) in [5.41, 5.74) is 1.40. The van der Waals surface area contributed by atoms with E-state index in [2.05, 4.69) is 20.7 Å². The highest BCUT2D eigenvalue weighted by atomic mass is 79.9. The van der Waals surface area contributed by atoms with Crippen molar-refractivity contribution in [2.45, 2.75) is 11.8 Å². The minimum atomic E-state index is -3.60. The van der Waals surface area contributed by atoms with Gasteiger partial charge in [0.1, 0.15) is 5.75 Å². The number of rotatable bonds is 4. The third-order valence-electron chi connectivity index (χ3n) is 2.81. The number of methoxy groups -OCH3 is 1. The minimum Gasteiger partial charge on any atom is -0.497 e. The third kappa shape index (κ3) is 3.32. The summed E-state index contributed by atoms with van der Waals surface area (Å²) in [5.74, 6) is 0.614. The van der Waals surface area contributed by atoms with Gasteiger partial charge in [-0.05, 0) is 48.9 Å². The maximum Gasteiger partial charge on any atom is 0.261 e. The molecule has 0 saturated carbocycles. The zero-order valence-corrected chi connectivity index (χ0v) is 13.5. The van der Waals surface area contributed by atoms with Gasteiger partial charge in [0.15, 0.2) is 0 Å². The number of aryl methyl sites for hydroxylation is 1. The number of halogens is 1. The highest BCUT2D eigenvalue weighted by Gasteiger charge is 2.15. The molecule has 0 atom stereocenters. The number of hydrogen-bond acceptors (Lipinski definition) is 3. The van der Waals surface area contributed by atoms with Crippen LogP contribution in [0.4, 0.5) is 5.69 Å². The van der Waals surface area contributed by atoms with Gasteiger partial charge < -0.3 is 4.74 Å². The molecule has 4 nitrogen and oxygen atoms in total. The van der Waals surface area contributed by atoms with Gasteiger partial charge in [0.2, 0.25) is 0 Å². The summed E-state index contributed by atoms with van der Waals surface area (Å²) < 4.78 is 33.0. The van der Waals surface area contributed by atoms with E-state index in [-0.39, 0.29) is 4.90 Å². The summed E-state index contributed by atoms with van der Waals surface area (Å²) in [5, 5.41) is 0. The molecule has 2 aromatic rings. The summed E-state index contributed by atoms with van der Waals surface area (Å²) in [7, 11) is -2.07. The summed E-state index contributed by atoms with van der Waals surface area (Å²) >= 11 is 3.33. The van der Waals surface area contributed by atoms with Gasteiger partial charge in [-0.3, -0.25) is 4.72 Å². The first-order chi connectivity index (χ1) is 9.42. The van der Waals surface area contributed by atoms with Crippen molar-refractivity contribution in [2.75, 3.05) is 11.8 Å². The van der Waals surface area contributed by atoms with E-state index in [4.69, 9.17) is 4.74 Å². The van der Waals surface area contributed by atoms with Crippen LogP contribution in [0.5, 0.6) is 5.75 Å². The minimum absolute atomic E-state index is 0.192. The largest absolute Gasteiger partial charge is 0.497 e. The molecule has 20 heavy (non-hydrogen) atoms. The molecule has 2 aromatic carbocycles. The molecule has 6 heteroatoms. The van der Waals surface area contributed by atoms with Gasteiger partial charge in [-0.25, -0.2) is 8.42 Å². The molecular weight excluding hydrogens is 342 g/mol. The van der Waals surface area contributed by atoms with E-state index >= 15 is 0 Å².